The fourth-order valence-corrected chi connectivity index (χ4v) is 3.51. The first-order valence-electron chi connectivity index (χ1n) is 11.2. The van der Waals surface area contributed by atoms with E-state index in [1.165, 1.54) is 96.3 Å². The molecule has 0 spiro atoms. The van der Waals surface area contributed by atoms with Gasteiger partial charge in [-0.05, 0) is 6.42 Å². The van der Waals surface area contributed by atoms with Crippen LogP contribution < -0.4 is 0 Å². The molecule has 0 aromatic rings. The normalized spacial score (nSPS) is 11.7. The zero-order valence-corrected chi connectivity index (χ0v) is 18.4. The van der Waals surface area contributed by atoms with Gasteiger partial charge in [0, 0.05) is 0 Å². The van der Waals surface area contributed by atoms with E-state index in [-0.39, 0.29) is 6.61 Å². The molecule has 0 aliphatic rings. The molecule has 0 bridgehead atoms. The van der Waals surface area contributed by atoms with Crippen molar-refractivity contribution in [2.24, 2.45) is 0 Å². The number of hydrogen-bond acceptors (Lipinski definition) is 3. The second kappa shape index (κ2) is 19.0. The summed E-state index contributed by atoms with van der Waals surface area (Å²) in [4.78, 5) is 28.0. The van der Waals surface area contributed by atoms with Crippen molar-refractivity contribution in [2.75, 3.05) is 6.61 Å². The number of hydrogen-bond donors (Lipinski definition) is 2. The highest BCUT2D eigenvalue weighted by Crippen LogP contribution is 2.36. The van der Waals surface area contributed by atoms with Crippen molar-refractivity contribution in [1.29, 1.82) is 0 Å². The van der Waals surface area contributed by atoms with E-state index in [0.717, 1.165) is 12.8 Å². The molecule has 2 N–H and O–H groups in total. The van der Waals surface area contributed by atoms with Crippen LogP contribution in [0.1, 0.15) is 122 Å². The quantitative estimate of drug-likeness (QED) is 0.163. The second-order valence-corrected chi connectivity index (χ2v) is 9.12. The number of carbonyl (C=O) groups is 1. The Morgan fingerprint density at radius 2 is 0.926 bits per heavy atom. The van der Waals surface area contributed by atoms with E-state index in [4.69, 9.17) is 9.79 Å². The molecule has 0 aliphatic carbocycles. The first kappa shape index (κ1) is 26.6. The molecular weight excluding hydrogens is 363 g/mol. The highest BCUT2D eigenvalue weighted by Gasteiger charge is 2.27. The van der Waals surface area contributed by atoms with Crippen LogP contribution in [0.5, 0.6) is 0 Å². The van der Waals surface area contributed by atoms with E-state index in [2.05, 4.69) is 11.7 Å². The summed E-state index contributed by atoms with van der Waals surface area (Å²) in [5, 5.41) is 0. The summed E-state index contributed by atoms with van der Waals surface area (Å²) in [7, 11) is -4.71. The Kier molecular flexibility index (Phi) is 18.7. The van der Waals surface area contributed by atoms with Crippen molar-refractivity contribution >= 4 is 13.3 Å². The number of carbonyl (C=O) groups excluding carboxylic acids is 1. The van der Waals surface area contributed by atoms with Gasteiger partial charge in [0.15, 0.2) is 0 Å². The Morgan fingerprint density at radius 3 is 1.22 bits per heavy atom. The summed E-state index contributed by atoms with van der Waals surface area (Å²) < 4.78 is 15.1. The molecule has 0 rings (SSSR count). The zero-order valence-electron chi connectivity index (χ0n) is 17.5. The summed E-state index contributed by atoms with van der Waals surface area (Å²) in [5.74, 6) is 0. The first-order chi connectivity index (χ1) is 13.0. The molecule has 5 nitrogen and oxygen atoms in total. The van der Waals surface area contributed by atoms with Crippen LogP contribution in [-0.4, -0.2) is 22.1 Å². The van der Waals surface area contributed by atoms with Gasteiger partial charge in [0.2, 0.25) is 0 Å². The van der Waals surface area contributed by atoms with Gasteiger partial charge in [-0.2, -0.15) is 0 Å². The number of unbranched alkanes of at least 4 members (excludes halogenated alkanes) is 17. The van der Waals surface area contributed by atoms with Crippen LogP contribution in [0.3, 0.4) is 0 Å². The van der Waals surface area contributed by atoms with Gasteiger partial charge in [0.05, 0.1) is 6.61 Å². The van der Waals surface area contributed by atoms with Gasteiger partial charge in [-0.25, -0.2) is 9.36 Å². The molecule has 0 unspecified atom stereocenters. The maximum absolute atomic E-state index is 10.9. The number of ether oxygens (including phenoxy) is 1. The van der Waals surface area contributed by atoms with E-state index in [1.807, 2.05) is 0 Å². The monoisotopic (exact) mass is 406 g/mol. The molecule has 0 fully saturated rings. The molecule has 0 heterocycles. The Bertz CT molecular complexity index is 381. The Balaban J connectivity index is 3.11. The average Bonchev–Trinajstić information content (AvgIpc) is 2.62. The van der Waals surface area contributed by atoms with E-state index < -0.39 is 13.3 Å². The fourth-order valence-electron chi connectivity index (χ4n) is 3.25. The lowest BCUT2D eigenvalue weighted by Gasteiger charge is -2.05. The van der Waals surface area contributed by atoms with Crippen molar-refractivity contribution in [3.63, 3.8) is 0 Å². The molecule has 0 saturated carbocycles. The van der Waals surface area contributed by atoms with Crippen LogP contribution in [0, 0.1) is 0 Å². The molecule has 0 radical (unpaired) electrons. The maximum Gasteiger partial charge on any atom is 0.433 e. The van der Waals surface area contributed by atoms with Crippen LogP contribution in [0.2, 0.25) is 0 Å². The summed E-state index contributed by atoms with van der Waals surface area (Å²) >= 11 is 0. The smallest absolute Gasteiger partial charge is 0.433 e. The largest absolute Gasteiger partial charge is 0.457 e. The minimum absolute atomic E-state index is 0.0999. The van der Waals surface area contributed by atoms with E-state index in [0.29, 0.717) is 6.42 Å². The van der Waals surface area contributed by atoms with Crippen molar-refractivity contribution in [1.82, 2.24) is 0 Å². The Morgan fingerprint density at radius 1 is 0.630 bits per heavy atom. The minimum Gasteiger partial charge on any atom is -0.457 e. The third kappa shape index (κ3) is 20.2. The molecule has 0 aromatic heterocycles. The van der Waals surface area contributed by atoms with Gasteiger partial charge in [-0.1, -0.05) is 116 Å². The van der Waals surface area contributed by atoms with E-state index >= 15 is 0 Å². The summed E-state index contributed by atoms with van der Waals surface area (Å²) in [6, 6.07) is 0. The van der Waals surface area contributed by atoms with Gasteiger partial charge >= 0.3 is 13.3 Å². The Labute approximate surface area is 166 Å². The standard InChI is InChI=1S/C21H43O5P/c1-2-3-4-5-6-7-8-9-10-11-12-13-14-15-16-17-18-19-20-26-21(22)27(23,24)25/h2-20H2,1H3,(H2,23,24,25). The molecule has 0 aliphatic heterocycles. The van der Waals surface area contributed by atoms with Crippen molar-refractivity contribution in [2.45, 2.75) is 122 Å². The lowest BCUT2D eigenvalue weighted by Crippen LogP contribution is -2.04. The lowest BCUT2D eigenvalue weighted by molar-refractivity contribution is 0.160. The van der Waals surface area contributed by atoms with Gasteiger partial charge < -0.3 is 14.5 Å². The van der Waals surface area contributed by atoms with E-state index in [1.54, 1.807) is 0 Å². The van der Waals surface area contributed by atoms with Crippen molar-refractivity contribution in [3.05, 3.63) is 0 Å². The van der Waals surface area contributed by atoms with Crippen LogP contribution in [0.15, 0.2) is 0 Å². The zero-order chi connectivity index (χ0) is 20.2. The van der Waals surface area contributed by atoms with Crippen molar-refractivity contribution < 1.29 is 23.9 Å². The highest BCUT2D eigenvalue weighted by molar-refractivity contribution is 7.69. The third-order valence-corrected chi connectivity index (χ3v) is 5.57. The molecule has 0 atom stereocenters. The fraction of sp³-hybridized carbons (Fsp3) is 0.952. The molecule has 6 heteroatoms. The van der Waals surface area contributed by atoms with Crippen LogP contribution in [-0.2, 0) is 9.30 Å². The average molecular weight is 407 g/mol. The van der Waals surface area contributed by atoms with Crippen LogP contribution in [0.4, 0.5) is 4.79 Å². The summed E-state index contributed by atoms with van der Waals surface area (Å²) in [5.41, 5.74) is -1.41. The molecule has 0 saturated heterocycles. The molecule has 0 amide bonds. The van der Waals surface area contributed by atoms with Gasteiger partial charge in [-0.3, -0.25) is 0 Å². The van der Waals surface area contributed by atoms with Gasteiger partial charge in [-0.15, -0.1) is 0 Å². The second-order valence-electron chi connectivity index (χ2n) is 7.67. The molecule has 162 valence electrons. The molecule has 27 heavy (non-hydrogen) atoms. The van der Waals surface area contributed by atoms with Crippen LogP contribution in [0.25, 0.3) is 0 Å². The van der Waals surface area contributed by atoms with Gasteiger partial charge in [0.25, 0.3) is 0 Å². The first-order valence-corrected chi connectivity index (χ1v) is 12.8. The molecule has 0 aromatic carbocycles. The maximum atomic E-state index is 10.9. The lowest BCUT2D eigenvalue weighted by atomic mass is 10.0. The summed E-state index contributed by atoms with van der Waals surface area (Å²) in [6.07, 6.45) is 23.1. The topological polar surface area (TPSA) is 83.8 Å². The van der Waals surface area contributed by atoms with E-state index in [9.17, 15) is 9.36 Å². The van der Waals surface area contributed by atoms with Gasteiger partial charge in [0.1, 0.15) is 0 Å². The predicted molar refractivity (Wildman–Crippen MR) is 112 cm³/mol. The van der Waals surface area contributed by atoms with Crippen molar-refractivity contribution in [3.8, 4) is 0 Å². The predicted octanol–water partition coefficient (Wildman–Crippen LogP) is 7.34. The number of rotatable bonds is 20. The van der Waals surface area contributed by atoms with Crippen LogP contribution >= 0.6 is 7.60 Å². The third-order valence-electron chi connectivity index (χ3n) is 4.96. The molecular formula is C21H43O5P. The highest BCUT2D eigenvalue weighted by atomic mass is 31.2. The summed E-state index contributed by atoms with van der Waals surface area (Å²) in [6.45, 7) is 2.37. The Hall–Kier alpha value is -0.380. The SMILES string of the molecule is CCCCCCCCCCCCCCCCCCCCOC(=O)P(=O)(O)O. The minimum atomic E-state index is -4.71.